The van der Waals surface area contributed by atoms with Crippen molar-refractivity contribution in [2.45, 2.75) is 0 Å². The van der Waals surface area contributed by atoms with E-state index in [-0.39, 0.29) is 11.6 Å². The summed E-state index contributed by atoms with van der Waals surface area (Å²) in [4.78, 5) is 24.9. The number of hydrogen-bond acceptors (Lipinski definition) is 6. The molecule has 0 aromatic heterocycles. The first kappa shape index (κ1) is 18.8. The van der Waals surface area contributed by atoms with Gasteiger partial charge in [0.25, 0.3) is 11.6 Å². The van der Waals surface area contributed by atoms with Gasteiger partial charge in [0.1, 0.15) is 12.4 Å². The molecule has 0 radical (unpaired) electrons. The molecule has 136 valence electrons. The molecule has 1 heterocycles. The molecule has 8 heteroatoms. The standard InChI is InChI=1S/C19H14N2O4S2/c1-2-11-25-16-9-3-13(4-10-16)12-17-18(22)20(19(26)27-17)14-5-7-15(8-6-14)21(23)24/h2-10,12H,1,11H2/b17-12-. The van der Waals surface area contributed by atoms with Crippen LogP contribution in [0.25, 0.3) is 6.08 Å². The van der Waals surface area contributed by atoms with E-state index in [2.05, 4.69) is 6.58 Å². The van der Waals surface area contributed by atoms with Gasteiger partial charge in [-0.15, -0.1) is 0 Å². The lowest BCUT2D eigenvalue weighted by Crippen LogP contribution is -2.27. The Balaban J connectivity index is 1.79. The second-order valence-corrected chi connectivity index (χ2v) is 7.14. The molecule has 1 amide bonds. The number of anilines is 1. The van der Waals surface area contributed by atoms with E-state index in [1.165, 1.54) is 40.9 Å². The van der Waals surface area contributed by atoms with Crippen molar-refractivity contribution in [2.75, 3.05) is 11.5 Å². The smallest absolute Gasteiger partial charge is 0.270 e. The Bertz CT molecular complexity index is 937. The SMILES string of the molecule is C=CCOc1ccc(/C=C2\SC(=S)N(c3ccc([N+](=O)[O-])cc3)C2=O)cc1. The van der Waals surface area contributed by atoms with Crippen LogP contribution >= 0.6 is 24.0 Å². The number of carbonyl (C=O) groups is 1. The van der Waals surface area contributed by atoms with Crippen LogP contribution in [-0.2, 0) is 4.79 Å². The van der Waals surface area contributed by atoms with E-state index >= 15 is 0 Å². The van der Waals surface area contributed by atoms with Crippen LogP contribution in [0.2, 0.25) is 0 Å². The van der Waals surface area contributed by atoms with Gasteiger partial charge in [0.05, 0.1) is 15.5 Å². The zero-order chi connectivity index (χ0) is 19.4. The summed E-state index contributed by atoms with van der Waals surface area (Å²) in [5, 5.41) is 10.8. The van der Waals surface area contributed by atoms with E-state index in [4.69, 9.17) is 17.0 Å². The molecule has 2 aromatic carbocycles. The van der Waals surface area contributed by atoms with Crippen LogP contribution in [0.5, 0.6) is 5.75 Å². The van der Waals surface area contributed by atoms with E-state index < -0.39 is 4.92 Å². The van der Waals surface area contributed by atoms with E-state index in [0.717, 1.165) is 5.56 Å². The molecule has 1 saturated heterocycles. The summed E-state index contributed by atoms with van der Waals surface area (Å²) in [5.41, 5.74) is 1.29. The third-order valence-corrected chi connectivity index (χ3v) is 4.96. The van der Waals surface area contributed by atoms with E-state index in [0.29, 0.717) is 27.3 Å². The molecule has 27 heavy (non-hydrogen) atoms. The predicted octanol–water partition coefficient (Wildman–Crippen LogP) is 4.57. The summed E-state index contributed by atoms with van der Waals surface area (Å²) >= 11 is 6.50. The summed E-state index contributed by atoms with van der Waals surface area (Å²) in [7, 11) is 0. The summed E-state index contributed by atoms with van der Waals surface area (Å²) < 4.78 is 5.81. The van der Waals surface area contributed by atoms with Gasteiger partial charge in [0.15, 0.2) is 4.32 Å². The molecule has 1 aliphatic heterocycles. The monoisotopic (exact) mass is 398 g/mol. The zero-order valence-electron chi connectivity index (χ0n) is 14.0. The molecule has 0 saturated carbocycles. The second-order valence-electron chi connectivity index (χ2n) is 5.46. The minimum Gasteiger partial charge on any atom is -0.490 e. The third kappa shape index (κ3) is 4.24. The quantitative estimate of drug-likeness (QED) is 0.233. The average Bonchev–Trinajstić information content (AvgIpc) is 2.94. The Hall–Kier alpha value is -2.97. The number of carbonyl (C=O) groups excluding carboxylic acids is 1. The highest BCUT2D eigenvalue weighted by molar-refractivity contribution is 8.27. The first-order chi connectivity index (χ1) is 13.0. The van der Waals surface area contributed by atoms with Crippen molar-refractivity contribution in [3.8, 4) is 5.75 Å². The molecule has 3 rings (SSSR count). The van der Waals surface area contributed by atoms with Gasteiger partial charge in [0, 0.05) is 12.1 Å². The van der Waals surface area contributed by atoms with Crippen LogP contribution in [-0.4, -0.2) is 21.8 Å². The van der Waals surface area contributed by atoms with Crippen molar-refractivity contribution in [3.05, 3.63) is 81.8 Å². The maximum absolute atomic E-state index is 12.7. The van der Waals surface area contributed by atoms with Gasteiger partial charge in [-0.3, -0.25) is 19.8 Å². The molecule has 0 bridgehead atoms. The fourth-order valence-electron chi connectivity index (χ4n) is 2.38. The first-order valence-electron chi connectivity index (χ1n) is 7.86. The third-order valence-electron chi connectivity index (χ3n) is 3.66. The molecule has 2 aromatic rings. The van der Waals surface area contributed by atoms with Crippen LogP contribution < -0.4 is 9.64 Å². The predicted molar refractivity (Wildman–Crippen MR) is 111 cm³/mol. The normalized spacial score (nSPS) is 15.3. The highest BCUT2D eigenvalue weighted by Gasteiger charge is 2.33. The number of hydrogen-bond donors (Lipinski definition) is 0. The number of non-ortho nitro benzene ring substituents is 1. The second kappa shape index (κ2) is 8.15. The van der Waals surface area contributed by atoms with Crippen LogP contribution in [0.1, 0.15) is 5.56 Å². The highest BCUT2D eigenvalue weighted by Crippen LogP contribution is 2.36. The largest absolute Gasteiger partial charge is 0.490 e. The molecule has 6 nitrogen and oxygen atoms in total. The molecule has 0 spiro atoms. The topological polar surface area (TPSA) is 72.7 Å². The van der Waals surface area contributed by atoms with Crippen molar-refractivity contribution in [1.29, 1.82) is 0 Å². The Morgan fingerprint density at radius 2 is 1.85 bits per heavy atom. The number of amides is 1. The minimum atomic E-state index is -0.490. The fraction of sp³-hybridized carbons (Fsp3) is 0.0526. The van der Waals surface area contributed by atoms with Crippen molar-refractivity contribution in [2.24, 2.45) is 0 Å². The summed E-state index contributed by atoms with van der Waals surface area (Å²) in [6, 6.07) is 13.0. The van der Waals surface area contributed by atoms with Crippen molar-refractivity contribution in [1.82, 2.24) is 0 Å². The Morgan fingerprint density at radius 3 is 2.44 bits per heavy atom. The Kier molecular flexibility index (Phi) is 5.68. The van der Waals surface area contributed by atoms with Gasteiger partial charge in [0.2, 0.25) is 0 Å². The molecule has 0 N–H and O–H groups in total. The number of thiocarbonyl (C=S) groups is 1. The molecule has 1 fully saturated rings. The summed E-state index contributed by atoms with van der Waals surface area (Å²) in [6.45, 7) is 4.02. The van der Waals surface area contributed by atoms with Crippen molar-refractivity contribution in [3.63, 3.8) is 0 Å². The van der Waals surface area contributed by atoms with Crippen LogP contribution in [0.15, 0.2) is 66.1 Å². The maximum atomic E-state index is 12.7. The zero-order valence-corrected chi connectivity index (χ0v) is 15.7. The van der Waals surface area contributed by atoms with Gasteiger partial charge in [-0.25, -0.2) is 0 Å². The number of benzene rings is 2. The van der Waals surface area contributed by atoms with Crippen molar-refractivity contribution >= 4 is 51.7 Å². The van der Waals surface area contributed by atoms with Gasteiger partial charge in [-0.1, -0.05) is 48.8 Å². The molecular weight excluding hydrogens is 384 g/mol. The summed E-state index contributed by atoms with van der Waals surface area (Å²) in [5.74, 6) is 0.455. The van der Waals surface area contributed by atoms with Gasteiger partial charge in [-0.05, 0) is 35.9 Å². The molecular formula is C19H14N2O4S2. The molecule has 1 aliphatic rings. The molecule has 0 aliphatic carbocycles. The molecule has 0 atom stereocenters. The van der Waals surface area contributed by atoms with Crippen LogP contribution in [0.4, 0.5) is 11.4 Å². The van der Waals surface area contributed by atoms with E-state index in [1.807, 2.05) is 24.3 Å². The first-order valence-corrected chi connectivity index (χ1v) is 9.08. The number of nitrogens with zero attached hydrogens (tertiary/aromatic N) is 2. The van der Waals surface area contributed by atoms with Gasteiger partial charge in [-0.2, -0.15) is 0 Å². The Labute approximate surface area is 165 Å². The van der Waals surface area contributed by atoms with Crippen LogP contribution in [0, 0.1) is 10.1 Å². The lowest BCUT2D eigenvalue weighted by Gasteiger charge is -2.13. The van der Waals surface area contributed by atoms with Crippen molar-refractivity contribution < 1.29 is 14.5 Å². The van der Waals surface area contributed by atoms with Crippen LogP contribution in [0.3, 0.4) is 0 Å². The fourth-order valence-corrected chi connectivity index (χ4v) is 3.68. The average molecular weight is 398 g/mol. The Morgan fingerprint density at radius 1 is 1.19 bits per heavy atom. The van der Waals surface area contributed by atoms with E-state index in [1.54, 1.807) is 12.2 Å². The minimum absolute atomic E-state index is 0.0431. The lowest BCUT2D eigenvalue weighted by atomic mass is 10.2. The van der Waals surface area contributed by atoms with E-state index in [9.17, 15) is 14.9 Å². The van der Waals surface area contributed by atoms with Gasteiger partial charge < -0.3 is 4.74 Å². The lowest BCUT2D eigenvalue weighted by molar-refractivity contribution is -0.384. The highest BCUT2D eigenvalue weighted by atomic mass is 32.2. The molecule has 0 unspecified atom stereocenters. The number of nitro benzene ring substituents is 1. The number of ether oxygens (including phenoxy) is 1. The maximum Gasteiger partial charge on any atom is 0.270 e. The number of rotatable bonds is 6. The number of thioether (sulfide) groups is 1. The number of nitro groups is 1. The summed E-state index contributed by atoms with van der Waals surface area (Å²) in [6.07, 6.45) is 3.42. The van der Waals surface area contributed by atoms with Gasteiger partial charge >= 0.3 is 0 Å².